The minimum absolute atomic E-state index is 0.101. The number of hydrogen-bond donors (Lipinski definition) is 0. The van der Waals surface area contributed by atoms with E-state index in [1.165, 1.54) is 29.2 Å². The van der Waals surface area contributed by atoms with Crippen molar-refractivity contribution < 1.29 is 28.2 Å². The van der Waals surface area contributed by atoms with Crippen LogP contribution in [0.4, 0.5) is 20.6 Å². The molecule has 37 heavy (non-hydrogen) atoms. The Morgan fingerprint density at radius 3 is 2.27 bits per heavy atom. The van der Waals surface area contributed by atoms with Crippen molar-refractivity contribution in [3.05, 3.63) is 93.8 Å². The number of esters is 1. The number of carbonyl (C=O) groups is 3. The molecule has 0 aliphatic carbocycles. The summed E-state index contributed by atoms with van der Waals surface area (Å²) < 4.78 is 24.3. The number of nitrogens with zero attached hydrogens (tertiary/aromatic N) is 1. The van der Waals surface area contributed by atoms with Gasteiger partial charge in [0.2, 0.25) is 0 Å². The zero-order valence-electron chi connectivity index (χ0n) is 21.2. The van der Waals surface area contributed by atoms with Gasteiger partial charge in [-0.2, -0.15) is 0 Å². The molecule has 0 spiro atoms. The van der Waals surface area contributed by atoms with Crippen molar-refractivity contribution in [2.24, 2.45) is 5.92 Å². The van der Waals surface area contributed by atoms with E-state index in [9.17, 15) is 18.8 Å². The predicted octanol–water partition coefficient (Wildman–Crippen LogP) is 7.19. The van der Waals surface area contributed by atoms with Gasteiger partial charge in [-0.05, 0) is 67.8 Å². The van der Waals surface area contributed by atoms with Gasteiger partial charge in [0.1, 0.15) is 19.0 Å². The van der Waals surface area contributed by atoms with Crippen LogP contribution in [0.25, 0.3) is 0 Å². The lowest BCUT2D eigenvalue weighted by Crippen LogP contribution is -2.29. The molecule has 0 radical (unpaired) electrons. The molecule has 3 aromatic carbocycles. The second kappa shape index (κ2) is 12.5. The number of ether oxygens (including phenoxy) is 2. The first kappa shape index (κ1) is 27.9. The van der Waals surface area contributed by atoms with E-state index in [0.717, 1.165) is 5.56 Å². The first-order valence-electron chi connectivity index (χ1n) is 11.9. The number of amides is 1. The van der Waals surface area contributed by atoms with Gasteiger partial charge in [0, 0.05) is 11.1 Å². The van der Waals surface area contributed by atoms with Gasteiger partial charge >= 0.3 is 12.1 Å². The lowest BCUT2D eigenvalue weighted by molar-refractivity contribution is -0.149. The second-order valence-electron chi connectivity index (χ2n) is 8.67. The highest BCUT2D eigenvalue weighted by molar-refractivity contribution is 6.35. The van der Waals surface area contributed by atoms with Crippen LogP contribution in [0.2, 0.25) is 5.02 Å². The molecule has 1 unspecified atom stereocenters. The number of carbonyl (C=O) groups excluding carboxylic acids is 3. The van der Waals surface area contributed by atoms with E-state index in [4.69, 9.17) is 21.1 Å². The van der Waals surface area contributed by atoms with E-state index >= 15 is 0 Å². The summed E-state index contributed by atoms with van der Waals surface area (Å²) in [4.78, 5) is 39.4. The zero-order chi connectivity index (χ0) is 27.1. The average molecular weight is 526 g/mol. The second-order valence-corrected chi connectivity index (χ2v) is 9.07. The Morgan fingerprint density at radius 2 is 1.62 bits per heavy atom. The smallest absolute Gasteiger partial charge is 0.419 e. The minimum atomic E-state index is -0.775. The average Bonchev–Trinajstić information content (AvgIpc) is 2.87. The van der Waals surface area contributed by atoms with Gasteiger partial charge < -0.3 is 9.47 Å². The number of anilines is 2. The van der Waals surface area contributed by atoms with E-state index < -0.39 is 11.9 Å². The van der Waals surface area contributed by atoms with Gasteiger partial charge in [-0.1, -0.05) is 49.7 Å². The van der Waals surface area contributed by atoms with Gasteiger partial charge in [0.05, 0.1) is 22.3 Å². The molecule has 8 heteroatoms. The molecule has 0 aliphatic rings. The van der Waals surface area contributed by atoms with E-state index in [0.29, 0.717) is 28.9 Å². The van der Waals surface area contributed by atoms with Crippen molar-refractivity contribution in [3.8, 4) is 0 Å². The number of rotatable bonds is 9. The number of benzene rings is 3. The normalized spacial score (nSPS) is 11.5. The molecule has 0 aromatic heterocycles. The van der Waals surface area contributed by atoms with Crippen LogP contribution in [0.3, 0.4) is 0 Å². The van der Waals surface area contributed by atoms with Crippen molar-refractivity contribution in [2.45, 2.75) is 34.1 Å². The summed E-state index contributed by atoms with van der Waals surface area (Å²) >= 11 is 6.52. The van der Waals surface area contributed by atoms with Gasteiger partial charge in [0.25, 0.3) is 0 Å². The van der Waals surface area contributed by atoms with E-state index in [1.807, 2.05) is 26.0 Å². The lowest BCUT2D eigenvalue weighted by Gasteiger charge is -2.24. The third kappa shape index (κ3) is 6.74. The molecule has 3 aromatic rings. The molecule has 0 saturated heterocycles. The Bertz CT molecular complexity index is 1310. The fourth-order valence-corrected chi connectivity index (χ4v) is 3.92. The molecule has 0 heterocycles. The van der Waals surface area contributed by atoms with E-state index in [-0.39, 0.29) is 41.5 Å². The van der Waals surface area contributed by atoms with Crippen molar-refractivity contribution >= 4 is 40.8 Å². The molecule has 3 rings (SSSR count). The molecule has 0 fully saturated rings. The van der Waals surface area contributed by atoms with E-state index in [2.05, 4.69) is 0 Å². The topological polar surface area (TPSA) is 72.9 Å². The molecule has 0 saturated carbocycles. The maximum atomic E-state index is 13.8. The fourth-order valence-electron chi connectivity index (χ4n) is 3.66. The zero-order valence-corrected chi connectivity index (χ0v) is 22.0. The molecular weight excluding hydrogens is 497 g/mol. The molecule has 194 valence electrons. The standard InChI is InChI=1S/C29H29ClFNO5/c1-5-18(2)28(34)36-14-15-37-29(35)32(26-13-10-21(31)16-20(26)4)22-11-12-24(25(30)17-22)27(33)23-9-7-6-8-19(23)3/h6-13,16-18H,5,14-15H2,1-4H3. The van der Waals surface area contributed by atoms with Crippen molar-refractivity contribution in [1.82, 2.24) is 0 Å². The van der Waals surface area contributed by atoms with Crippen molar-refractivity contribution in [3.63, 3.8) is 0 Å². The Labute approximate surface area is 221 Å². The number of hydrogen-bond acceptors (Lipinski definition) is 5. The Morgan fingerprint density at radius 1 is 0.919 bits per heavy atom. The first-order valence-corrected chi connectivity index (χ1v) is 12.3. The SMILES string of the molecule is CCC(C)C(=O)OCCOC(=O)N(c1ccc(C(=O)c2ccccc2C)c(Cl)c1)c1ccc(F)cc1C. The Hall–Kier alpha value is -3.71. The van der Waals surface area contributed by atoms with Crippen LogP contribution >= 0.6 is 11.6 Å². The van der Waals surface area contributed by atoms with Crippen molar-refractivity contribution in [2.75, 3.05) is 18.1 Å². The maximum Gasteiger partial charge on any atom is 0.419 e. The summed E-state index contributed by atoms with van der Waals surface area (Å²) in [5, 5.41) is 0.144. The molecule has 0 N–H and O–H groups in total. The van der Waals surface area contributed by atoms with Gasteiger partial charge in [-0.25, -0.2) is 14.1 Å². The van der Waals surface area contributed by atoms with Crippen LogP contribution in [0.1, 0.15) is 47.3 Å². The fraction of sp³-hybridized carbons (Fsp3) is 0.276. The summed E-state index contributed by atoms with van der Waals surface area (Å²) in [6, 6.07) is 15.8. The maximum absolute atomic E-state index is 13.8. The Kier molecular flexibility index (Phi) is 9.42. The van der Waals surface area contributed by atoms with Crippen molar-refractivity contribution in [1.29, 1.82) is 0 Å². The van der Waals surface area contributed by atoms with E-state index in [1.54, 1.807) is 38.1 Å². The molecule has 0 aliphatic heterocycles. The molecule has 1 atom stereocenters. The third-order valence-corrected chi connectivity index (χ3v) is 6.31. The highest BCUT2D eigenvalue weighted by Gasteiger charge is 2.24. The summed E-state index contributed by atoms with van der Waals surface area (Å²) in [5.41, 5.74) is 2.79. The summed E-state index contributed by atoms with van der Waals surface area (Å²) in [6.45, 7) is 6.85. The highest BCUT2D eigenvalue weighted by Crippen LogP contribution is 2.33. The van der Waals surface area contributed by atoms with Gasteiger partial charge in [-0.15, -0.1) is 0 Å². The molecule has 6 nitrogen and oxygen atoms in total. The summed E-state index contributed by atoms with van der Waals surface area (Å²) in [5.74, 6) is -1.32. The lowest BCUT2D eigenvalue weighted by atomic mass is 9.99. The van der Waals surface area contributed by atoms with Crippen LogP contribution in [-0.4, -0.2) is 31.1 Å². The van der Waals surface area contributed by atoms with Gasteiger partial charge in [-0.3, -0.25) is 9.59 Å². The predicted molar refractivity (Wildman–Crippen MR) is 141 cm³/mol. The molecular formula is C29H29ClFNO5. The Balaban J connectivity index is 1.88. The summed E-state index contributed by atoms with van der Waals surface area (Å²) in [6.07, 6.45) is -0.136. The summed E-state index contributed by atoms with van der Waals surface area (Å²) in [7, 11) is 0. The molecule has 1 amide bonds. The highest BCUT2D eigenvalue weighted by atomic mass is 35.5. The van der Waals surface area contributed by atoms with Gasteiger partial charge in [0.15, 0.2) is 5.78 Å². The quantitative estimate of drug-likeness (QED) is 0.168. The third-order valence-electron chi connectivity index (χ3n) is 6.00. The van der Waals surface area contributed by atoms with Crippen LogP contribution in [-0.2, 0) is 14.3 Å². The minimum Gasteiger partial charge on any atom is -0.462 e. The van der Waals surface area contributed by atoms with Crippen LogP contribution in [0.15, 0.2) is 60.7 Å². The van der Waals surface area contributed by atoms with Crippen LogP contribution in [0, 0.1) is 25.6 Å². The number of aryl methyl sites for hydroxylation is 2. The monoisotopic (exact) mass is 525 g/mol. The van der Waals surface area contributed by atoms with Crippen LogP contribution in [0.5, 0.6) is 0 Å². The number of ketones is 1. The van der Waals surface area contributed by atoms with Crippen LogP contribution < -0.4 is 4.90 Å². The number of halogens is 2. The largest absolute Gasteiger partial charge is 0.462 e. The molecule has 0 bridgehead atoms. The first-order chi connectivity index (χ1) is 17.6.